The Hall–Kier alpha value is -3.41. The number of carbonyl (C=O) groups is 2. The second kappa shape index (κ2) is 6.24. The molecule has 6 heteroatoms. The molecule has 0 saturated carbocycles. The van der Waals surface area contributed by atoms with Crippen LogP contribution in [0.2, 0.25) is 0 Å². The fourth-order valence-corrected chi connectivity index (χ4v) is 3.08. The highest BCUT2D eigenvalue weighted by Crippen LogP contribution is 2.32. The third-order valence-electron chi connectivity index (χ3n) is 4.16. The molecule has 0 bridgehead atoms. The van der Waals surface area contributed by atoms with Crippen molar-refractivity contribution in [2.24, 2.45) is 0 Å². The third-order valence-corrected chi connectivity index (χ3v) is 4.16. The zero-order valence-corrected chi connectivity index (χ0v) is 13.4. The summed E-state index contributed by atoms with van der Waals surface area (Å²) in [4.78, 5) is 31.9. The van der Waals surface area contributed by atoms with Gasteiger partial charge < -0.3 is 15.6 Å². The summed E-state index contributed by atoms with van der Waals surface area (Å²) in [5.74, 6) is -0.310. The van der Waals surface area contributed by atoms with Crippen LogP contribution in [0, 0.1) is 0 Å². The first-order valence-corrected chi connectivity index (χ1v) is 8.00. The lowest BCUT2D eigenvalue weighted by Gasteiger charge is -2.08. The van der Waals surface area contributed by atoms with Crippen molar-refractivity contribution in [3.8, 4) is 0 Å². The van der Waals surface area contributed by atoms with Crippen LogP contribution in [0.15, 0.2) is 54.9 Å². The summed E-state index contributed by atoms with van der Waals surface area (Å²) < 4.78 is 0. The molecule has 2 aromatic heterocycles. The first kappa shape index (κ1) is 15.1. The van der Waals surface area contributed by atoms with Crippen molar-refractivity contribution in [3.05, 3.63) is 66.1 Å². The molecule has 3 aromatic rings. The number of amides is 2. The number of H-pyrrole nitrogens is 1. The van der Waals surface area contributed by atoms with Crippen LogP contribution >= 0.6 is 0 Å². The van der Waals surface area contributed by atoms with E-state index in [9.17, 15) is 9.59 Å². The van der Waals surface area contributed by atoms with Crippen LogP contribution in [0.1, 0.15) is 22.5 Å². The van der Waals surface area contributed by atoms with Crippen LogP contribution in [0.25, 0.3) is 16.5 Å². The molecule has 0 spiro atoms. The molecule has 0 unspecified atom stereocenters. The Morgan fingerprint density at radius 1 is 1.20 bits per heavy atom. The van der Waals surface area contributed by atoms with E-state index in [4.69, 9.17) is 0 Å². The lowest BCUT2D eigenvalue weighted by Crippen LogP contribution is -2.22. The van der Waals surface area contributed by atoms with Crippen molar-refractivity contribution >= 4 is 34.0 Å². The van der Waals surface area contributed by atoms with Gasteiger partial charge in [0.05, 0.1) is 18.3 Å². The summed E-state index contributed by atoms with van der Waals surface area (Å²) in [5, 5.41) is 6.60. The molecule has 6 nitrogen and oxygen atoms in total. The average molecular weight is 332 g/mol. The maximum atomic E-state index is 12.4. The number of fused-ring (bicyclic) bond motifs is 3. The number of hydrogen-bond donors (Lipinski definition) is 3. The number of para-hydroxylation sites is 1. The lowest BCUT2D eigenvalue weighted by atomic mass is 9.98. The van der Waals surface area contributed by atoms with Gasteiger partial charge in [-0.15, -0.1) is 0 Å². The molecule has 1 aromatic carbocycles. The van der Waals surface area contributed by atoms with Crippen molar-refractivity contribution in [2.75, 3.05) is 11.9 Å². The van der Waals surface area contributed by atoms with E-state index in [1.54, 1.807) is 24.5 Å². The Balaban J connectivity index is 1.68. The molecule has 4 rings (SSSR count). The maximum absolute atomic E-state index is 12.4. The summed E-state index contributed by atoms with van der Waals surface area (Å²) in [6, 6.07) is 11.3. The number of aromatic nitrogens is 2. The van der Waals surface area contributed by atoms with Gasteiger partial charge in [-0.2, -0.15) is 0 Å². The van der Waals surface area contributed by atoms with E-state index in [2.05, 4.69) is 20.6 Å². The lowest BCUT2D eigenvalue weighted by molar-refractivity contribution is -0.115. The predicted molar refractivity (Wildman–Crippen MR) is 96.1 cm³/mol. The second-order valence-corrected chi connectivity index (χ2v) is 5.83. The largest absolute Gasteiger partial charge is 0.350 e. The van der Waals surface area contributed by atoms with Crippen molar-refractivity contribution < 1.29 is 9.59 Å². The molecule has 0 aliphatic carbocycles. The molecule has 1 aliphatic heterocycles. The van der Waals surface area contributed by atoms with E-state index in [0.717, 1.165) is 22.0 Å². The van der Waals surface area contributed by atoms with Gasteiger partial charge in [0.2, 0.25) is 5.91 Å². The molecular formula is C19H16N4O2. The van der Waals surface area contributed by atoms with E-state index in [0.29, 0.717) is 17.9 Å². The normalized spacial score (nSPS) is 13.6. The molecule has 3 heterocycles. The molecule has 1 aliphatic rings. The van der Waals surface area contributed by atoms with Crippen LogP contribution in [0.5, 0.6) is 0 Å². The first-order valence-electron chi connectivity index (χ1n) is 8.00. The highest BCUT2D eigenvalue weighted by atomic mass is 16.2. The molecule has 0 fully saturated rings. The smallest absolute Gasteiger partial charge is 0.268 e. The van der Waals surface area contributed by atoms with Gasteiger partial charge in [0.1, 0.15) is 5.69 Å². The van der Waals surface area contributed by atoms with Gasteiger partial charge in [-0.3, -0.25) is 14.6 Å². The van der Waals surface area contributed by atoms with Crippen molar-refractivity contribution in [3.63, 3.8) is 0 Å². The van der Waals surface area contributed by atoms with Crippen LogP contribution in [0.4, 0.5) is 5.69 Å². The van der Waals surface area contributed by atoms with Gasteiger partial charge in [0, 0.05) is 29.2 Å². The summed E-state index contributed by atoms with van der Waals surface area (Å²) in [6.07, 6.45) is 5.33. The van der Waals surface area contributed by atoms with Gasteiger partial charge in [0.25, 0.3) is 5.91 Å². The predicted octanol–water partition coefficient (Wildman–Crippen LogP) is 2.72. The van der Waals surface area contributed by atoms with Gasteiger partial charge in [-0.1, -0.05) is 24.3 Å². The quantitative estimate of drug-likeness (QED) is 0.689. The first-order chi connectivity index (χ1) is 12.2. The van der Waals surface area contributed by atoms with Crippen molar-refractivity contribution in [1.82, 2.24) is 15.3 Å². The van der Waals surface area contributed by atoms with Crippen LogP contribution in [0.3, 0.4) is 0 Å². The highest BCUT2D eigenvalue weighted by molar-refractivity contribution is 6.10. The van der Waals surface area contributed by atoms with Gasteiger partial charge in [-0.25, -0.2) is 0 Å². The molecule has 0 radical (unpaired) electrons. The SMILES string of the molecule is O=C(CC1=CCNC(=O)c2[nH]c3ccccc3c21)Nc1cccnc1. The molecule has 0 saturated heterocycles. The number of nitrogens with one attached hydrogen (secondary N) is 3. The zero-order chi connectivity index (χ0) is 17.2. The zero-order valence-electron chi connectivity index (χ0n) is 13.4. The summed E-state index contributed by atoms with van der Waals surface area (Å²) in [6.45, 7) is 0.394. The Morgan fingerprint density at radius 2 is 2.08 bits per heavy atom. The van der Waals surface area contributed by atoms with E-state index in [-0.39, 0.29) is 18.2 Å². The topological polar surface area (TPSA) is 86.9 Å². The Kier molecular flexibility index (Phi) is 3.78. The summed E-state index contributed by atoms with van der Waals surface area (Å²) in [7, 11) is 0. The number of nitrogens with zero attached hydrogens (tertiary/aromatic N) is 1. The van der Waals surface area contributed by atoms with E-state index < -0.39 is 0 Å². The fourth-order valence-electron chi connectivity index (χ4n) is 3.08. The number of rotatable bonds is 3. The molecule has 3 N–H and O–H groups in total. The van der Waals surface area contributed by atoms with E-state index in [1.165, 1.54) is 0 Å². The number of anilines is 1. The highest BCUT2D eigenvalue weighted by Gasteiger charge is 2.23. The molecule has 25 heavy (non-hydrogen) atoms. The Bertz CT molecular complexity index is 989. The number of aromatic amines is 1. The van der Waals surface area contributed by atoms with Crippen LogP contribution in [-0.2, 0) is 4.79 Å². The van der Waals surface area contributed by atoms with Crippen molar-refractivity contribution in [2.45, 2.75) is 6.42 Å². The van der Waals surface area contributed by atoms with E-state index in [1.807, 2.05) is 30.3 Å². The number of benzene rings is 1. The van der Waals surface area contributed by atoms with Gasteiger partial charge in [-0.05, 0) is 23.8 Å². The third kappa shape index (κ3) is 2.89. The molecule has 2 amide bonds. The molecule has 0 atom stereocenters. The van der Waals surface area contributed by atoms with E-state index >= 15 is 0 Å². The minimum atomic E-state index is -0.162. The fraction of sp³-hybridized carbons (Fsp3) is 0.105. The van der Waals surface area contributed by atoms with Gasteiger partial charge in [0.15, 0.2) is 0 Å². The monoisotopic (exact) mass is 332 g/mol. The number of carbonyl (C=O) groups excluding carboxylic acids is 2. The number of pyridine rings is 1. The average Bonchev–Trinajstić information content (AvgIpc) is 2.94. The minimum Gasteiger partial charge on any atom is -0.350 e. The summed E-state index contributed by atoms with van der Waals surface area (Å²) >= 11 is 0. The minimum absolute atomic E-state index is 0.148. The molecular weight excluding hydrogens is 316 g/mol. The van der Waals surface area contributed by atoms with Crippen molar-refractivity contribution in [1.29, 1.82) is 0 Å². The van der Waals surface area contributed by atoms with Crippen LogP contribution < -0.4 is 10.6 Å². The standard InChI is InChI=1S/C19H16N4O2/c24-16(22-13-4-3-8-20-11-13)10-12-7-9-21-19(25)18-17(12)14-5-1-2-6-15(14)23-18/h1-8,11,23H,9-10H2,(H,21,25)(H,22,24). The number of hydrogen-bond acceptors (Lipinski definition) is 3. The second-order valence-electron chi connectivity index (χ2n) is 5.83. The molecule has 124 valence electrons. The Labute approximate surface area is 144 Å². The van der Waals surface area contributed by atoms with Gasteiger partial charge >= 0.3 is 0 Å². The maximum Gasteiger partial charge on any atom is 0.268 e. The van der Waals surface area contributed by atoms with Crippen LogP contribution in [-0.4, -0.2) is 28.3 Å². The Morgan fingerprint density at radius 3 is 2.92 bits per heavy atom. The summed E-state index contributed by atoms with van der Waals surface area (Å²) in [5.41, 5.74) is 3.65.